The average Bonchev–Trinajstić information content (AvgIpc) is 2.83. The van der Waals surface area contributed by atoms with Crippen molar-refractivity contribution in [3.8, 4) is 0 Å². The van der Waals surface area contributed by atoms with Crippen molar-refractivity contribution in [3.63, 3.8) is 0 Å². The molecule has 0 amide bonds. The van der Waals surface area contributed by atoms with Crippen LogP contribution in [0, 0.1) is 22.0 Å². The summed E-state index contributed by atoms with van der Waals surface area (Å²) in [6, 6.07) is 5.28. The lowest BCUT2D eigenvalue weighted by molar-refractivity contribution is -0.384. The first kappa shape index (κ1) is 13.9. The molecule has 0 bridgehead atoms. The minimum Gasteiger partial charge on any atom is -0.424 e. The van der Waals surface area contributed by atoms with Crippen LogP contribution in [0.1, 0.15) is 33.1 Å². The van der Waals surface area contributed by atoms with Gasteiger partial charge in [-0.05, 0) is 37.2 Å². The summed E-state index contributed by atoms with van der Waals surface area (Å²) in [5.74, 6) is 1.34. The summed E-state index contributed by atoms with van der Waals surface area (Å²) in [6.07, 6.45) is 3.50. The van der Waals surface area contributed by atoms with Gasteiger partial charge in [0.25, 0.3) is 11.7 Å². The van der Waals surface area contributed by atoms with Crippen molar-refractivity contribution >= 4 is 22.8 Å². The van der Waals surface area contributed by atoms with Gasteiger partial charge in [-0.25, -0.2) is 0 Å². The van der Waals surface area contributed by atoms with Gasteiger partial charge in [0.1, 0.15) is 5.52 Å². The maximum atomic E-state index is 10.8. The Morgan fingerprint density at radius 1 is 1.38 bits per heavy atom. The van der Waals surface area contributed by atoms with Crippen LogP contribution in [0.2, 0.25) is 0 Å². The Kier molecular flexibility index (Phi) is 3.53. The Morgan fingerprint density at radius 2 is 2.19 bits per heavy atom. The number of hydrogen-bond acceptors (Lipinski definition) is 5. The Hall–Kier alpha value is -2.11. The van der Waals surface area contributed by atoms with Gasteiger partial charge in [-0.15, -0.1) is 0 Å². The van der Waals surface area contributed by atoms with Crippen LogP contribution in [0.5, 0.6) is 0 Å². The number of fused-ring (bicyclic) bond motifs is 1. The molecule has 2 aromatic rings. The summed E-state index contributed by atoms with van der Waals surface area (Å²) >= 11 is 0. The summed E-state index contributed by atoms with van der Waals surface area (Å²) in [6.45, 7) is 4.52. The molecule has 1 aliphatic carbocycles. The van der Waals surface area contributed by atoms with E-state index >= 15 is 0 Å². The zero-order valence-electron chi connectivity index (χ0n) is 12.2. The maximum absolute atomic E-state index is 10.8. The minimum atomic E-state index is -0.425. The monoisotopic (exact) mass is 289 g/mol. The molecule has 6 nitrogen and oxygen atoms in total. The van der Waals surface area contributed by atoms with Gasteiger partial charge in [-0.2, -0.15) is 4.98 Å². The first-order chi connectivity index (χ1) is 10.0. The molecule has 112 valence electrons. The molecule has 0 aliphatic heterocycles. The first-order valence-electron chi connectivity index (χ1n) is 7.34. The molecule has 21 heavy (non-hydrogen) atoms. The van der Waals surface area contributed by atoms with Crippen molar-refractivity contribution in [3.05, 3.63) is 28.3 Å². The molecule has 1 fully saturated rings. The van der Waals surface area contributed by atoms with E-state index in [2.05, 4.69) is 24.1 Å². The van der Waals surface area contributed by atoms with Crippen LogP contribution in [0.3, 0.4) is 0 Å². The van der Waals surface area contributed by atoms with Gasteiger partial charge in [0, 0.05) is 18.2 Å². The molecule has 0 spiro atoms. The molecule has 0 saturated heterocycles. The minimum absolute atomic E-state index is 0.0298. The molecular weight excluding hydrogens is 270 g/mol. The maximum Gasteiger partial charge on any atom is 0.295 e. The fourth-order valence-electron chi connectivity index (χ4n) is 3.13. The highest BCUT2D eigenvalue weighted by Gasteiger charge is 2.26. The lowest BCUT2D eigenvalue weighted by Crippen LogP contribution is -2.33. The quantitative estimate of drug-likeness (QED) is 0.683. The molecule has 1 heterocycles. The van der Waals surface area contributed by atoms with Crippen molar-refractivity contribution in [2.24, 2.45) is 11.8 Å². The van der Waals surface area contributed by atoms with Gasteiger partial charge in [0.15, 0.2) is 5.58 Å². The number of benzene rings is 1. The van der Waals surface area contributed by atoms with Gasteiger partial charge < -0.3 is 9.73 Å². The Labute approximate surface area is 122 Å². The predicted molar refractivity (Wildman–Crippen MR) is 80.3 cm³/mol. The molecule has 1 aromatic heterocycles. The number of nitrogens with zero attached hydrogens (tertiary/aromatic N) is 2. The third kappa shape index (κ3) is 2.84. The van der Waals surface area contributed by atoms with Crippen LogP contribution in [-0.2, 0) is 0 Å². The summed E-state index contributed by atoms with van der Waals surface area (Å²) in [7, 11) is 0. The van der Waals surface area contributed by atoms with E-state index in [4.69, 9.17) is 4.42 Å². The van der Waals surface area contributed by atoms with Gasteiger partial charge in [0.05, 0.1) is 4.92 Å². The van der Waals surface area contributed by atoms with Crippen LogP contribution < -0.4 is 5.32 Å². The van der Waals surface area contributed by atoms with E-state index in [0.29, 0.717) is 29.1 Å². The van der Waals surface area contributed by atoms with Crippen molar-refractivity contribution in [2.45, 2.75) is 39.2 Å². The zero-order chi connectivity index (χ0) is 15.0. The third-order valence-corrected chi connectivity index (χ3v) is 4.32. The molecule has 1 aliphatic rings. The molecule has 6 heteroatoms. The predicted octanol–water partition coefficient (Wildman–Crippen LogP) is 3.97. The molecule has 3 atom stereocenters. The number of nitro benzene ring substituents is 1. The Bertz CT molecular complexity index is 667. The third-order valence-electron chi connectivity index (χ3n) is 4.32. The molecule has 1 saturated carbocycles. The number of hydrogen-bond donors (Lipinski definition) is 1. The highest BCUT2D eigenvalue weighted by Crippen LogP contribution is 2.31. The van der Waals surface area contributed by atoms with E-state index in [0.717, 1.165) is 12.3 Å². The second-order valence-corrected chi connectivity index (χ2v) is 6.07. The topological polar surface area (TPSA) is 81.2 Å². The van der Waals surface area contributed by atoms with E-state index in [1.54, 1.807) is 6.07 Å². The lowest BCUT2D eigenvalue weighted by atomic mass is 9.80. The molecule has 1 aromatic carbocycles. The highest BCUT2D eigenvalue weighted by atomic mass is 16.6. The summed E-state index contributed by atoms with van der Waals surface area (Å²) in [5.41, 5.74) is 1.12. The van der Waals surface area contributed by atoms with Crippen LogP contribution in [0.25, 0.3) is 11.1 Å². The number of oxazole rings is 1. The SMILES string of the molecule is CC1CCC(Nc2nc3cc([N+](=O)[O-])ccc3o2)C(C)C1. The molecule has 3 rings (SSSR count). The van der Waals surface area contributed by atoms with Crippen molar-refractivity contribution in [1.82, 2.24) is 4.98 Å². The molecule has 3 unspecified atom stereocenters. The second kappa shape index (κ2) is 5.35. The van der Waals surface area contributed by atoms with E-state index in [1.807, 2.05) is 0 Å². The number of non-ortho nitro benzene ring substituents is 1. The normalized spacial score (nSPS) is 25.9. The van der Waals surface area contributed by atoms with Crippen LogP contribution >= 0.6 is 0 Å². The van der Waals surface area contributed by atoms with E-state index in [1.165, 1.54) is 25.0 Å². The van der Waals surface area contributed by atoms with Crippen LogP contribution in [-0.4, -0.2) is 15.9 Å². The number of rotatable bonds is 3. The van der Waals surface area contributed by atoms with Gasteiger partial charge in [-0.1, -0.05) is 13.8 Å². The summed E-state index contributed by atoms with van der Waals surface area (Å²) in [4.78, 5) is 14.7. The fourth-order valence-corrected chi connectivity index (χ4v) is 3.13. The second-order valence-electron chi connectivity index (χ2n) is 6.07. The van der Waals surface area contributed by atoms with E-state index < -0.39 is 4.92 Å². The van der Waals surface area contributed by atoms with Crippen molar-refractivity contribution < 1.29 is 9.34 Å². The van der Waals surface area contributed by atoms with Crippen molar-refractivity contribution in [1.29, 1.82) is 0 Å². The molecule has 0 radical (unpaired) electrons. The summed E-state index contributed by atoms with van der Waals surface area (Å²) < 4.78 is 5.64. The largest absolute Gasteiger partial charge is 0.424 e. The first-order valence-corrected chi connectivity index (χ1v) is 7.34. The van der Waals surface area contributed by atoms with Gasteiger partial charge >= 0.3 is 0 Å². The lowest BCUT2D eigenvalue weighted by Gasteiger charge is -2.32. The average molecular weight is 289 g/mol. The smallest absolute Gasteiger partial charge is 0.295 e. The Morgan fingerprint density at radius 3 is 2.90 bits per heavy atom. The molecular formula is C15H19N3O3. The fraction of sp³-hybridized carbons (Fsp3) is 0.533. The van der Waals surface area contributed by atoms with Crippen LogP contribution in [0.4, 0.5) is 11.7 Å². The van der Waals surface area contributed by atoms with Gasteiger partial charge in [-0.3, -0.25) is 10.1 Å². The number of anilines is 1. The zero-order valence-corrected chi connectivity index (χ0v) is 12.2. The number of nitro groups is 1. The number of nitrogens with one attached hydrogen (secondary N) is 1. The van der Waals surface area contributed by atoms with E-state index in [9.17, 15) is 10.1 Å². The summed E-state index contributed by atoms with van der Waals surface area (Å²) in [5, 5.41) is 14.1. The molecule has 1 N–H and O–H groups in total. The number of aromatic nitrogens is 1. The van der Waals surface area contributed by atoms with Gasteiger partial charge in [0.2, 0.25) is 0 Å². The van der Waals surface area contributed by atoms with E-state index in [-0.39, 0.29) is 5.69 Å². The highest BCUT2D eigenvalue weighted by molar-refractivity contribution is 5.77. The Balaban J connectivity index is 1.80. The standard InChI is InChI=1S/C15H19N3O3/c1-9-3-5-12(10(2)7-9)16-15-17-13-8-11(18(19)20)4-6-14(13)21-15/h4,6,8-10,12H,3,5,7H2,1-2H3,(H,16,17). The van der Waals surface area contributed by atoms with Crippen molar-refractivity contribution in [2.75, 3.05) is 5.32 Å². The van der Waals surface area contributed by atoms with Crippen LogP contribution in [0.15, 0.2) is 22.6 Å².